The molecule has 0 aromatic carbocycles. The van der Waals surface area contributed by atoms with Crippen LogP contribution in [0.4, 0.5) is 4.79 Å². The van der Waals surface area contributed by atoms with Crippen molar-refractivity contribution in [1.29, 1.82) is 0 Å². The Labute approximate surface area is 178 Å². The molecule has 5 atom stereocenters. The number of ether oxygens (including phenoxy) is 6. The molecule has 1 N–H and O–H groups in total. The van der Waals surface area contributed by atoms with Crippen LogP contribution in [0.15, 0.2) is 0 Å². The molecular formula is C17H25NO11S. The van der Waals surface area contributed by atoms with Gasteiger partial charge in [0.2, 0.25) is 12.4 Å². The van der Waals surface area contributed by atoms with Crippen molar-refractivity contribution in [3.8, 4) is 0 Å². The Bertz CT molecular complexity index is 656. The molecule has 0 unspecified atom stereocenters. The molecule has 0 aliphatic carbocycles. The Balaban J connectivity index is 3.27. The largest absolute Gasteiger partial charge is 0.463 e. The molecule has 0 radical (unpaired) electrons. The molecule has 1 amide bonds. The molecular weight excluding hydrogens is 426 g/mol. The first-order chi connectivity index (χ1) is 14.0. The fourth-order valence-electron chi connectivity index (χ4n) is 2.59. The van der Waals surface area contributed by atoms with Gasteiger partial charge >= 0.3 is 30.0 Å². The van der Waals surface area contributed by atoms with Gasteiger partial charge in [-0.1, -0.05) is 0 Å². The molecule has 12 nitrogen and oxygen atoms in total. The number of hydrogen-bond donors (Lipinski definition) is 2. The highest BCUT2D eigenvalue weighted by molar-refractivity contribution is 7.80. The van der Waals surface area contributed by atoms with E-state index in [0.717, 1.165) is 27.7 Å². The zero-order chi connectivity index (χ0) is 22.8. The fraction of sp³-hybridized carbons (Fsp3) is 0.706. The summed E-state index contributed by atoms with van der Waals surface area (Å²) in [5.41, 5.74) is 0. The Kier molecular flexibility index (Phi) is 10.4. The number of hydrogen-bond acceptors (Lipinski definition) is 12. The molecule has 1 saturated heterocycles. The minimum absolute atomic E-state index is 0.174. The lowest BCUT2D eigenvalue weighted by Crippen LogP contribution is -2.63. The van der Waals surface area contributed by atoms with Crippen LogP contribution in [-0.4, -0.2) is 79.6 Å². The minimum Gasteiger partial charge on any atom is -0.463 e. The molecule has 1 fully saturated rings. The van der Waals surface area contributed by atoms with E-state index in [4.69, 9.17) is 28.4 Å². The molecule has 0 aromatic rings. The van der Waals surface area contributed by atoms with Crippen molar-refractivity contribution >= 4 is 42.6 Å². The number of rotatable bonds is 8. The summed E-state index contributed by atoms with van der Waals surface area (Å²) in [5, 5.41) is 2.38. The van der Waals surface area contributed by atoms with E-state index in [1.807, 2.05) is 0 Å². The van der Waals surface area contributed by atoms with Crippen molar-refractivity contribution in [3.05, 3.63) is 0 Å². The third-order valence-electron chi connectivity index (χ3n) is 3.55. The standard InChI is InChI=1S/C17H25NO11S/c1-8(19)24-7-12-13(25-9(2)20)14(26-10(3)21)15(27-11(4)22)16(28-12)29-17(23)18-5-6-30/h12-16,30H,5-7H2,1-4H3,(H,18,23)/t12-,13-,14+,15-,16+/m1/s1. The normalized spacial score (nSPS) is 25.4. The first-order valence-electron chi connectivity index (χ1n) is 8.91. The molecule has 170 valence electrons. The van der Waals surface area contributed by atoms with Gasteiger partial charge in [-0.3, -0.25) is 19.2 Å². The number of thiol groups is 1. The van der Waals surface area contributed by atoms with Crippen LogP contribution in [-0.2, 0) is 47.6 Å². The molecule has 13 heteroatoms. The topological polar surface area (TPSA) is 153 Å². The molecule has 1 aliphatic rings. The van der Waals surface area contributed by atoms with Crippen LogP contribution in [0.3, 0.4) is 0 Å². The van der Waals surface area contributed by atoms with E-state index < -0.39 is 67.3 Å². The maximum absolute atomic E-state index is 12.0. The SMILES string of the molecule is CC(=O)OC[C@H]1O[C@@H](OC(=O)NCCS)[C@H](OC(C)=O)[C@@H](OC(C)=O)[C@@H]1OC(C)=O. The molecule has 0 bridgehead atoms. The van der Waals surface area contributed by atoms with Crippen molar-refractivity contribution < 1.29 is 52.4 Å². The van der Waals surface area contributed by atoms with Crippen LogP contribution in [0.2, 0.25) is 0 Å². The van der Waals surface area contributed by atoms with Crippen molar-refractivity contribution in [1.82, 2.24) is 5.32 Å². The van der Waals surface area contributed by atoms with Gasteiger partial charge in [0.15, 0.2) is 12.2 Å². The molecule has 0 aromatic heterocycles. The van der Waals surface area contributed by atoms with E-state index >= 15 is 0 Å². The Morgan fingerprint density at radius 3 is 1.83 bits per heavy atom. The summed E-state index contributed by atoms with van der Waals surface area (Å²) in [5.74, 6) is -2.68. The second kappa shape index (κ2) is 12.2. The second-order valence-corrected chi connectivity index (χ2v) is 6.57. The molecule has 0 spiro atoms. The van der Waals surface area contributed by atoms with Crippen molar-refractivity contribution in [2.24, 2.45) is 0 Å². The smallest absolute Gasteiger partial charge is 0.409 e. The van der Waals surface area contributed by atoms with E-state index in [9.17, 15) is 24.0 Å². The van der Waals surface area contributed by atoms with Gasteiger partial charge < -0.3 is 33.7 Å². The average Bonchev–Trinajstić information content (AvgIpc) is 2.62. The number of carbonyl (C=O) groups is 5. The highest BCUT2D eigenvalue weighted by Crippen LogP contribution is 2.30. The summed E-state index contributed by atoms with van der Waals surface area (Å²) >= 11 is 3.96. The highest BCUT2D eigenvalue weighted by atomic mass is 32.1. The summed E-state index contributed by atoms with van der Waals surface area (Å²) in [6.07, 6.45) is -7.89. The van der Waals surface area contributed by atoms with E-state index in [0.29, 0.717) is 5.75 Å². The zero-order valence-electron chi connectivity index (χ0n) is 16.9. The predicted octanol–water partition coefficient (Wildman–Crippen LogP) is -0.274. The highest BCUT2D eigenvalue weighted by Gasteiger charge is 2.53. The second-order valence-electron chi connectivity index (χ2n) is 6.12. The van der Waals surface area contributed by atoms with Gasteiger partial charge in [-0.05, 0) is 0 Å². The van der Waals surface area contributed by atoms with Crippen molar-refractivity contribution in [2.75, 3.05) is 18.9 Å². The van der Waals surface area contributed by atoms with Gasteiger partial charge in [-0.25, -0.2) is 4.79 Å². The van der Waals surface area contributed by atoms with Gasteiger partial charge in [-0.15, -0.1) is 0 Å². The third-order valence-corrected chi connectivity index (χ3v) is 3.78. The number of nitrogens with one attached hydrogen (secondary N) is 1. The molecule has 1 aliphatic heterocycles. The van der Waals surface area contributed by atoms with E-state index in [1.54, 1.807) is 0 Å². The van der Waals surface area contributed by atoms with Crippen molar-refractivity contribution in [3.63, 3.8) is 0 Å². The number of amides is 1. The van der Waals surface area contributed by atoms with E-state index in [2.05, 4.69) is 17.9 Å². The number of alkyl carbamates (subject to hydrolysis) is 1. The average molecular weight is 451 g/mol. The molecule has 0 saturated carbocycles. The maximum Gasteiger partial charge on any atom is 0.409 e. The first kappa shape index (κ1) is 25.5. The zero-order valence-corrected chi connectivity index (χ0v) is 17.8. The summed E-state index contributed by atoms with van der Waals surface area (Å²) in [6, 6.07) is 0. The van der Waals surface area contributed by atoms with Crippen LogP contribution < -0.4 is 5.32 Å². The van der Waals surface area contributed by atoms with Crippen molar-refractivity contribution in [2.45, 2.75) is 58.4 Å². The summed E-state index contributed by atoms with van der Waals surface area (Å²) in [4.78, 5) is 58.1. The number of carbonyl (C=O) groups excluding carboxylic acids is 5. The van der Waals surface area contributed by atoms with Crippen LogP contribution in [0, 0.1) is 0 Å². The maximum atomic E-state index is 12.0. The lowest BCUT2D eigenvalue weighted by atomic mass is 9.98. The van der Waals surface area contributed by atoms with Crippen LogP contribution >= 0.6 is 12.6 Å². The first-order valence-corrected chi connectivity index (χ1v) is 9.54. The monoisotopic (exact) mass is 451 g/mol. The third kappa shape index (κ3) is 8.45. The summed E-state index contributed by atoms with van der Waals surface area (Å²) < 4.78 is 31.2. The molecule has 1 rings (SSSR count). The summed E-state index contributed by atoms with van der Waals surface area (Å²) in [7, 11) is 0. The van der Waals surface area contributed by atoms with Gasteiger partial charge in [0.25, 0.3) is 0 Å². The Hall–Kier alpha value is -2.54. The van der Waals surface area contributed by atoms with E-state index in [1.165, 1.54) is 0 Å². The van der Waals surface area contributed by atoms with Gasteiger partial charge in [-0.2, -0.15) is 12.6 Å². The lowest BCUT2D eigenvalue weighted by Gasteiger charge is -2.43. The van der Waals surface area contributed by atoms with Crippen LogP contribution in [0.1, 0.15) is 27.7 Å². The predicted molar refractivity (Wildman–Crippen MR) is 100 cm³/mol. The minimum atomic E-state index is -1.56. The van der Waals surface area contributed by atoms with E-state index in [-0.39, 0.29) is 6.54 Å². The van der Waals surface area contributed by atoms with Crippen LogP contribution in [0.25, 0.3) is 0 Å². The Morgan fingerprint density at radius 2 is 1.33 bits per heavy atom. The van der Waals surface area contributed by atoms with Gasteiger partial charge in [0.1, 0.15) is 12.7 Å². The summed E-state index contributed by atoms with van der Waals surface area (Å²) in [6.45, 7) is 4.16. The molecule has 1 heterocycles. The lowest BCUT2D eigenvalue weighted by molar-refractivity contribution is -0.294. The number of esters is 4. The van der Waals surface area contributed by atoms with Gasteiger partial charge in [0, 0.05) is 40.0 Å². The quantitative estimate of drug-likeness (QED) is 0.285. The van der Waals surface area contributed by atoms with Gasteiger partial charge in [0.05, 0.1) is 0 Å². The Morgan fingerprint density at radius 1 is 0.800 bits per heavy atom. The molecule has 30 heavy (non-hydrogen) atoms. The van der Waals surface area contributed by atoms with Crippen LogP contribution in [0.5, 0.6) is 0 Å². The fourth-order valence-corrected chi connectivity index (χ4v) is 2.70.